The number of aliphatic carboxylic acids is 1. The first-order valence-electron chi connectivity index (χ1n) is 10.7. The molecule has 5 heteroatoms. The van der Waals surface area contributed by atoms with Crippen LogP contribution in [0.3, 0.4) is 0 Å². The Kier molecular flexibility index (Phi) is 12.2. The molecule has 5 nitrogen and oxygen atoms in total. The van der Waals surface area contributed by atoms with Gasteiger partial charge in [-0.25, -0.2) is 4.79 Å². The zero-order valence-electron chi connectivity index (χ0n) is 17.7. The number of rotatable bonds is 15. The van der Waals surface area contributed by atoms with Gasteiger partial charge < -0.3 is 15.7 Å². The van der Waals surface area contributed by atoms with E-state index in [1.165, 1.54) is 25.7 Å². The highest BCUT2D eigenvalue weighted by molar-refractivity contribution is 5.87. The lowest BCUT2D eigenvalue weighted by molar-refractivity contribution is -0.142. The Labute approximate surface area is 170 Å². The summed E-state index contributed by atoms with van der Waals surface area (Å²) >= 11 is 0. The molecule has 0 unspecified atom stereocenters. The zero-order valence-corrected chi connectivity index (χ0v) is 17.7. The Balaban J connectivity index is 2.62. The van der Waals surface area contributed by atoms with Crippen LogP contribution in [0.2, 0.25) is 0 Å². The predicted octanol–water partition coefficient (Wildman–Crippen LogP) is 4.16. The number of carboxylic acid groups (broad SMARTS) is 1. The Morgan fingerprint density at radius 1 is 0.964 bits per heavy atom. The number of nitrogens with one attached hydrogen (secondary N) is 2. The molecule has 0 saturated heterocycles. The highest BCUT2D eigenvalue weighted by Gasteiger charge is 2.25. The zero-order chi connectivity index (χ0) is 20.8. The number of unbranched alkanes of at least 4 members (excludes halogenated alkanes) is 5. The Bertz CT molecular complexity index is 560. The van der Waals surface area contributed by atoms with Crippen molar-refractivity contribution in [2.24, 2.45) is 5.92 Å². The van der Waals surface area contributed by atoms with Crippen LogP contribution in [0, 0.1) is 5.92 Å². The van der Waals surface area contributed by atoms with Crippen LogP contribution in [0.1, 0.15) is 71.3 Å². The van der Waals surface area contributed by atoms with E-state index in [0.717, 1.165) is 24.9 Å². The third kappa shape index (κ3) is 10.5. The Hall–Kier alpha value is -1.88. The second-order valence-electron chi connectivity index (χ2n) is 7.99. The second-order valence-corrected chi connectivity index (χ2v) is 7.99. The molecule has 1 rings (SSSR count). The van der Waals surface area contributed by atoms with Crippen molar-refractivity contribution < 1.29 is 14.7 Å². The Morgan fingerprint density at radius 2 is 1.61 bits per heavy atom. The molecule has 0 fully saturated rings. The third-order valence-electron chi connectivity index (χ3n) is 4.84. The molecule has 1 aromatic carbocycles. The maximum atomic E-state index is 12.8. The monoisotopic (exact) mass is 390 g/mol. The van der Waals surface area contributed by atoms with Crippen molar-refractivity contribution in [1.82, 2.24) is 10.6 Å². The molecule has 3 N–H and O–H groups in total. The van der Waals surface area contributed by atoms with Gasteiger partial charge in [0.25, 0.3) is 0 Å². The van der Waals surface area contributed by atoms with E-state index in [2.05, 4.69) is 17.6 Å². The predicted molar refractivity (Wildman–Crippen MR) is 114 cm³/mol. The minimum atomic E-state index is -0.976. The lowest BCUT2D eigenvalue weighted by atomic mass is 10.0. The standard InChI is InChI=1S/C23H38N2O3/c1-4-5-6-7-8-12-15-24-20(17-19-13-10-9-11-14-19)22(26)25-21(23(27)28)16-18(2)3/h9-11,13-14,18,20-21,24H,4-8,12,15-17H2,1-3H3,(H,25,26)(H,27,28)/t20-,21+/m0/s1. The molecule has 0 spiro atoms. The summed E-state index contributed by atoms with van der Waals surface area (Å²) in [7, 11) is 0. The topological polar surface area (TPSA) is 78.4 Å². The average molecular weight is 391 g/mol. The minimum Gasteiger partial charge on any atom is -0.480 e. The summed E-state index contributed by atoms with van der Waals surface area (Å²) in [5.41, 5.74) is 1.06. The molecule has 0 aromatic heterocycles. The van der Waals surface area contributed by atoms with Gasteiger partial charge in [0.05, 0.1) is 6.04 Å². The first-order valence-corrected chi connectivity index (χ1v) is 10.7. The molecule has 0 bridgehead atoms. The summed E-state index contributed by atoms with van der Waals surface area (Å²) in [4.78, 5) is 24.3. The van der Waals surface area contributed by atoms with Crippen molar-refractivity contribution in [3.05, 3.63) is 35.9 Å². The van der Waals surface area contributed by atoms with E-state index in [9.17, 15) is 14.7 Å². The summed E-state index contributed by atoms with van der Waals surface area (Å²) in [6, 6.07) is 8.58. The first-order chi connectivity index (χ1) is 13.4. The van der Waals surface area contributed by atoms with Crippen molar-refractivity contribution in [2.75, 3.05) is 6.54 Å². The van der Waals surface area contributed by atoms with E-state index in [-0.39, 0.29) is 11.8 Å². The maximum absolute atomic E-state index is 12.8. The van der Waals surface area contributed by atoms with E-state index in [1.807, 2.05) is 44.2 Å². The van der Waals surface area contributed by atoms with Crippen LogP contribution < -0.4 is 10.6 Å². The van der Waals surface area contributed by atoms with Crippen LogP contribution in [0.4, 0.5) is 0 Å². The molecule has 1 amide bonds. The molecule has 0 aliphatic heterocycles. The molecule has 28 heavy (non-hydrogen) atoms. The summed E-state index contributed by atoms with van der Waals surface area (Å²) in [5, 5.41) is 15.5. The van der Waals surface area contributed by atoms with Crippen molar-refractivity contribution in [3.8, 4) is 0 Å². The summed E-state index contributed by atoms with van der Waals surface area (Å²) in [6.45, 7) is 6.89. The largest absolute Gasteiger partial charge is 0.480 e. The molecule has 0 saturated carbocycles. The lowest BCUT2D eigenvalue weighted by Crippen LogP contribution is -2.51. The van der Waals surface area contributed by atoms with Gasteiger partial charge in [0.1, 0.15) is 6.04 Å². The summed E-state index contributed by atoms with van der Waals surface area (Å²) in [6.07, 6.45) is 8.15. The first kappa shape index (κ1) is 24.2. The average Bonchev–Trinajstić information content (AvgIpc) is 2.66. The molecule has 0 radical (unpaired) electrons. The molecule has 1 aromatic rings. The van der Waals surface area contributed by atoms with Gasteiger partial charge in [-0.2, -0.15) is 0 Å². The molecule has 0 aliphatic rings. The van der Waals surface area contributed by atoms with Gasteiger partial charge in [0.15, 0.2) is 0 Å². The van der Waals surface area contributed by atoms with E-state index >= 15 is 0 Å². The molecule has 0 heterocycles. The molecular weight excluding hydrogens is 352 g/mol. The number of amides is 1. The van der Waals surface area contributed by atoms with Gasteiger partial charge in [-0.15, -0.1) is 0 Å². The van der Waals surface area contributed by atoms with Crippen molar-refractivity contribution in [3.63, 3.8) is 0 Å². The highest BCUT2D eigenvalue weighted by atomic mass is 16.4. The third-order valence-corrected chi connectivity index (χ3v) is 4.84. The maximum Gasteiger partial charge on any atom is 0.326 e. The van der Waals surface area contributed by atoms with Gasteiger partial charge in [-0.05, 0) is 37.3 Å². The van der Waals surface area contributed by atoms with E-state index in [4.69, 9.17) is 0 Å². The van der Waals surface area contributed by atoms with E-state index in [1.54, 1.807) is 0 Å². The number of carbonyl (C=O) groups excluding carboxylic acids is 1. The number of hydrogen-bond acceptors (Lipinski definition) is 3. The van der Waals surface area contributed by atoms with Crippen LogP contribution in [0.25, 0.3) is 0 Å². The molecular formula is C23H38N2O3. The van der Waals surface area contributed by atoms with Gasteiger partial charge in [-0.1, -0.05) is 83.2 Å². The van der Waals surface area contributed by atoms with Crippen molar-refractivity contribution >= 4 is 11.9 Å². The van der Waals surface area contributed by atoms with Crippen LogP contribution >= 0.6 is 0 Å². The number of benzene rings is 1. The lowest BCUT2D eigenvalue weighted by Gasteiger charge is -2.22. The molecule has 2 atom stereocenters. The van der Waals surface area contributed by atoms with Gasteiger partial charge in [-0.3, -0.25) is 4.79 Å². The van der Waals surface area contributed by atoms with E-state index in [0.29, 0.717) is 12.8 Å². The fourth-order valence-corrected chi connectivity index (χ4v) is 3.25. The SMILES string of the molecule is CCCCCCCCN[C@@H](Cc1ccccc1)C(=O)N[C@H](CC(C)C)C(=O)O. The normalized spacial score (nSPS) is 13.3. The summed E-state index contributed by atoms with van der Waals surface area (Å²) in [5.74, 6) is -1.01. The number of carboxylic acids is 1. The van der Waals surface area contributed by atoms with Gasteiger partial charge in [0.2, 0.25) is 5.91 Å². The smallest absolute Gasteiger partial charge is 0.326 e. The van der Waals surface area contributed by atoms with Gasteiger partial charge in [0, 0.05) is 0 Å². The second kappa shape index (κ2) is 14.2. The number of hydrogen-bond donors (Lipinski definition) is 3. The van der Waals surface area contributed by atoms with Crippen molar-refractivity contribution in [1.29, 1.82) is 0 Å². The minimum absolute atomic E-state index is 0.199. The summed E-state index contributed by atoms with van der Waals surface area (Å²) < 4.78 is 0. The van der Waals surface area contributed by atoms with Crippen LogP contribution in [0.15, 0.2) is 30.3 Å². The van der Waals surface area contributed by atoms with Crippen LogP contribution in [0.5, 0.6) is 0 Å². The molecule has 158 valence electrons. The fraction of sp³-hybridized carbons (Fsp3) is 0.652. The van der Waals surface area contributed by atoms with Crippen LogP contribution in [-0.2, 0) is 16.0 Å². The van der Waals surface area contributed by atoms with Crippen molar-refractivity contribution in [2.45, 2.75) is 84.2 Å². The van der Waals surface area contributed by atoms with Gasteiger partial charge >= 0.3 is 5.97 Å². The Morgan fingerprint density at radius 3 is 2.21 bits per heavy atom. The van der Waals surface area contributed by atoms with E-state index < -0.39 is 18.1 Å². The quantitative estimate of drug-likeness (QED) is 0.393. The van der Waals surface area contributed by atoms with Crippen LogP contribution in [-0.4, -0.2) is 35.6 Å². The fourth-order valence-electron chi connectivity index (χ4n) is 3.25. The highest BCUT2D eigenvalue weighted by Crippen LogP contribution is 2.09. The molecule has 0 aliphatic carbocycles. The number of carbonyl (C=O) groups is 2.